The number of hydrogen-bond donors (Lipinski definition) is 1. The number of pyridine rings is 2. The Labute approximate surface area is 234 Å². The average Bonchev–Trinajstić information content (AvgIpc) is 3.20. The van der Waals surface area contributed by atoms with Crippen molar-refractivity contribution < 1.29 is 13.6 Å². The molecule has 4 aromatic rings. The lowest BCUT2D eigenvalue weighted by Crippen LogP contribution is -2.56. The van der Waals surface area contributed by atoms with Gasteiger partial charge in [-0.05, 0) is 68.9 Å². The second-order valence-corrected chi connectivity index (χ2v) is 11.2. The van der Waals surface area contributed by atoms with Gasteiger partial charge in [0.15, 0.2) is 0 Å². The standard InChI is InChI=1S/C29H29ClF2N6O2/c1-18-23(12-20(30)13-33-18)27(39)35-21-8-6-19(7-9-21)15-37-24-4-2-3-5-25(24)38(28(37)40)22-10-11-26(34-14-22)36-16-29(31,32)17-36/h2-5,10-14,19,21H,6-9,15-17H2,1H3,(H,35,39)/t19-,21-. The predicted molar refractivity (Wildman–Crippen MR) is 150 cm³/mol. The summed E-state index contributed by atoms with van der Waals surface area (Å²) in [4.78, 5) is 36.5. The van der Waals surface area contributed by atoms with Crippen molar-refractivity contribution in [3.8, 4) is 5.69 Å². The Morgan fingerprint density at radius 1 is 1.05 bits per heavy atom. The largest absolute Gasteiger partial charge is 0.349 e. The molecule has 8 nitrogen and oxygen atoms in total. The van der Waals surface area contributed by atoms with Gasteiger partial charge in [-0.15, -0.1) is 0 Å². The number of amides is 1. The van der Waals surface area contributed by atoms with Gasteiger partial charge < -0.3 is 10.2 Å². The fraction of sp³-hybridized carbons (Fsp3) is 0.379. The predicted octanol–water partition coefficient (Wildman–Crippen LogP) is 4.99. The lowest BCUT2D eigenvalue weighted by Gasteiger charge is -2.39. The fourth-order valence-electron chi connectivity index (χ4n) is 5.75. The molecule has 0 atom stereocenters. The Morgan fingerprint density at radius 3 is 2.45 bits per heavy atom. The van der Waals surface area contributed by atoms with E-state index in [9.17, 15) is 18.4 Å². The SMILES string of the molecule is Cc1ncc(Cl)cc1C(=O)N[C@H]1CC[C@H](Cn2c(=O)n(-c3ccc(N4CC(F)(F)C4)nc3)c3ccccc32)CC1. The van der Waals surface area contributed by atoms with Crippen LogP contribution in [-0.2, 0) is 6.54 Å². The Hall–Kier alpha value is -3.79. The maximum atomic E-state index is 13.7. The van der Waals surface area contributed by atoms with E-state index in [4.69, 9.17) is 11.6 Å². The summed E-state index contributed by atoms with van der Waals surface area (Å²) in [6.45, 7) is 1.66. The number of hydrogen-bond acceptors (Lipinski definition) is 5. The number of aryl methyl sites for hydroxylation is 1. The van der Waals surface area contributed by atoms with Gasteiger partial charge in [0.1, 0.15) is 5.82 Å². The van der Waals surface area contributed by atoms with Gasteiger partial charge in [0.05, 0.1) is 52.3 Å². The molecule has 1 N–H and O–H groups in total. The van der Waals surface area contributed by atoms with Gasteiger partial charge in [-0.3, -0.25) is 18.9 Å². The monoisotopic (exact) mass is 566 g/mol. The number of carbonyl (C=O) groups is 1. The second kappa shape index (κ2) is 10.3. The molecule has 0 radical (unpaired) electrons. The number of nitrogens with one attached hydrogen (secondary N) is 1. The summed E-state index contributed by atoms with van der Waals surface area (Å²) < 4.78 is 30.0. The minimum absolute atomic E-state index is 0.0520. The third-order valence-corrected chi connectivity index (χ3v) is 8.12. The third kappa shape index (κ3) is 5.08. The number of para-hydroxylation sites is 2. The average molecular weight is 567 g/mol. The molecule has 1 saturated heterocycles. The van der Waals surface area contributed by atoms with E-state index in [1.54, 1.807) is 35.9 Å². The minimum atomic E-state index is -2.68. The van der Waals surface area contributed by atoms with Crippen molar-refractivity contribution in [3.05, 3.63) is 81.6 Å². The van der Waals surface area contributed by atoms with Crippen LogP contribution in [0.25, 0.3) is 16.7 Å². The number of halogens is 3. The van der Waals surface area contributed by atoms with Crippen LogP contribution in [0.3, 0.4) is 0 Å². The molecule has 3 aromatic heterocycles. The quantitative estimate of drug-likeness (QED) is 0.355. The molecule has 4 heterocycles. The maximum Gasteiger partial charge on any atom is 0.333 e. The molecular weight excluding hydrogens is 538 g/mol. The van der Waals surface area contributed by atoms with E-state index in [1.807, 2.05) is 28.8 Å². The first kappa shape index (κ1) is 26.4. The second-order valence-electron chi connectivity index (χ2n) is 10.8. The van der Waals surface area contributed by atoms with Gasteiger partial charge in [-0.2, -0.15) is 0 Å². The van der Waals surface area contributed by atoms with Crippen LogP contribution in [0.2, 0.25) is 5.02 Å². The molecule has 1 aliphatic carbocycles. The molecule has 40 heavy (non-hydrogen) atoms. The number of carbonyl (C=O) groups excluding carboxylic acids is 1. The van der Waals surface area contributed by atoms with Gasteiger partial charge in [0.2, 0.25) is 0 Å². The molecular formula is C29H29ClF2N6O2. The lowest BCUT2D eigenvalue weighted by atomic mass is 9.85. The third-order valence-electron chi connectivity index (χ3n) is 7.92. The smallest absolute Gasteiger partial charge is 0.333 e. The van der Waals surface area contributed by atoms with Crippen molar-refractivity contribution in [1.29, 1.82) is 0 Å². The molecule has 1 amide bonds. The number of nitrogens with zero attached hydrogens (tertiary/aromatic N) is 5. The highest BCUT2D eigenvalue weighted by Gasteiger charge is 2.44. The summed E-state index contributed by atoms with van der Waals surface area (Å²) >= 11 is 6.03. The zero-order valence-electron chi connectivity index (χ0n) is 22.0. The Morgan fingerprint density at radius 2 is 1.77 bits per heavy atom. The molecule has 2 fully saturated rings. The van der Waals surface area contributed by atoms with Crippen molar-refractivity contribution in [2.45, 2.75) is 51.1 Å². The van der Waals surface area contributed by atoms with Crippen LogP contribution in [0.1, 0.15) is 41.7 Å². The lowest BCUT2D eigenvalue weighted by molar-refractivity contribution is -0.0267. The molecule has 0 bridgehead atoms. The zero-order valence-corrected chi connectivity index (χ0v) is 22.7. The Balaban J connectivity index is 1.16. The van der Waals surface area contributed by atoms with Gasteiger partial charge in [-0.1, -0.05) is 23.7 Å². The molecule has 208 valence electrons. The number of aromatic nitrogens is 4. The Kier molecular flexibility index (Phi) is 6.82. The van der Waals surface area contributed by atoms with E-state index in [0.717, 1.165) is 36.7 Å². The van der Waals surface area contributed by atoms with Crippen molar-refractivity contribution >= 4 is 34.4 Å². The summed E-state index contributed by atoms with van der Waals surface area (Å²) in [5.41, 5.74) is 3.15. The molecule has 1 aromatic carbocycles. The van der Waals surface area contributed by atoms with E-state index in [-0.39, 0.29) is 36.6 Å². The maximum absolute atomic E-state index is 13.7. The van der Waals surface area contributed by atoms with E-state index >= 15 is 0 Å². The molecule has 1 saturated carbocycles. The highest BCUT2D eigenvalue weighted by atomic mass is 35.5. The summed E-state index contributed by atoms with van der Waals surface area (Å²) in [5.74, 6) is -2.09. The van der Waals surface area contributed by atoms with Crippen molar-refractivity contribution in [2.24, 2.45) is 5.92 Å². The van der Waals surface area contributed by atoms with Crippen LogP contribution >= 0.6 is 11.6 Å². The minimum Gasteiger partial charge on any atom is -0.349 e. The first-order valence-corrected chi connectivity index (χ1v) is 13.8. The summed E-state index contributed by atoms with van der Waals surface area (Å²) in [6, 6.07) is 12.8. The Bertz CT molecular complexity index is 1620. The molecule has 6 rings (SSSR count). The van der Waals surface area contributed by atoms with E-state index in [0.29, 0.717) is 34.3 Å². The van der Waals surface area contributed by atoms with Gasteiger partial charge in [0, 0.05) is 18.8 Å². The fourth-order valence-corrected chi connectivity index (χ4v) is 5.91. The number of anilines is 1. The van der Waals surface area contributed by atoms with Crippen LogP contribution in [0, 0.1) is 12.8 Å². The zero-order chi connectivity index (χ0) is 28.0. The summed E-state index contributed by atoms with van der Waals surface area (Å²) in [5, 5.41) is 3.54. The highest BCUT2D eigenvalue weighted by Crippen LogP contribution is 2.31. The van der Waals surface area contributed by atoms with Crippen LogP contribution in [0.4, 0.5) is 14.6 Å². The molecule has 11 heteroatoms. The number of imidazole rings is 1. The van der Waals surface area contributed by atoms with Crippen LogP contribution in [0.5, 0.6) is 0 Å². The van der Waals surface area contributed by atoms with Gasteiger partial charge in [-0.25, -0.2) is 18.6 Å². The molecule has 1 aliphatic heterocycles. The molecule has 0 spiro atoms. The summed E-state index contributed by atoms with van der Waals surface area (Å²) in [7, 11) is 0. The van der Waals surface area contributed by atoms with Gasteiger partial charge in [0.25, 0.3) is 11.8 Å². The molecule has 0 unspecified atom stereocenters. The van der Waals surface area contributed by atoms with Crippen LogP contribution < -0.4 is 15.9 Å². The topological polar surface area (TPSA) is 85.0 Å². The summed E-state index contributed by atoms with van der Waals surface area (Å²) in [6.07, 6.45) is 6.48. The molecule has 2 aliphatic rings. The van der Waals surface area contributed by atoms with Gasteiger partial charge >= 0.3 is 5.69 Å². The van der Waals surface area contributed by atoms with E-state index in [2.05, 4.69) is 15.3 Å². The van der Waals surface area contributed by atoms with Crippen LogP contribution in [-0.4, -0.2) is 50.1 Å². The van der Waals surface area contributed by atoms with Crippen molar-refractivity contribution in [3.63, 3.8) is 0 Å². The van der Waals surface area contributed by atoms with Crippen molar-refractivity contribution in [1.82, 2.24) is 24.4 Å². The first-order valence-electron chi connectivity index (χ1n) is 13.4. The highest BCUT2D eigenvalue weighted by molar-refractivity contribution is 6.30. The van der Waals surface area contributed by atoms with E-state index in [1.165, 1.54) is 11.1 Å². The number of alkyl halides is 2. The normalized spacial score (nSPS) is 20.4. The van der Waals surface area contributed by atoms with Crippen molar-refractivity contribution in [2.75, 3.05) is 18.0 Å². The van der Waals surface area contributed by atoms with Crippen LogP contribution in [0.15, 0.2) is 59.7 Å². The van der Waals surface area contributed by atoms with E-state index < -0.39 is 5.92 Å². The number of fused-ring (bicyclic) bond motifs is 1. The number of benzene rings is 1. The first-order chi connectivity index (χ1) is 19.2. The number of rotatable bonds is 6.